The van der Waals surface area contributed by atoms with E-state index in [0.717, 1.165) is 18.5 Å². The topological polar surface area (TPSA) is 96.3 Å². The molecule has 3 aromatic rings. The molecule has 32 heavy (non-hydrogen) atoms. The predicted octanol–water partition coefficient (Wildman–Crippen LogP) is 4.30. The fraction of sp³-hybridized carbons (Fsp3) is 0.200. The van der Waals surface area contributed by atoms with Crippen molar-refractivity contribution in [3.8, 4) is 22.8 Å². The molecule has 1 aliphatic rings. The number of hydrogen-bond acceptors (Lipinski definition) is 6. The number of benzene rings is 2. The lowest BCUT2D eigenvalue weighted by atomic mass is 9.86. The molecule has 0 aliphatic carbocycles. The highest BCUT2D eigenvalue weighted by Crippen LogP contribution is 2.43. The smallest absolute Gasteiger partial charge is 0.395 e. The van der Waals surface area contributed by atoms with E-state index in [9.17, 15) is 22.0 Å². The fourth-order valence-corrected chi connectivity index (χ4v) is 3.55. The molecular weight excluding hydrogens is 459 g/mol. The van der Waals surface area contributed by atoms with Crippen molar-refractivity contribution in [1.29, 1.82) is 0 Å². The van der Waals surface area contributed by atoms with Gasteiger partial charge in [0, 0.05) is 12.1 Å². The molecule has 0 radical (unpaired) electrons. The van der Waals surface area contributed by atoms with E-state index in [1.807, 2.05) is 0 Å². The van der Waals surface area contributed by atoms with E-state index < -0.39 is 28.6 Å². The summed E-state index contributed by atoms with van der Waals surface area (Å²) in [6.45, 7) is -0.187. The molecule has 0 bridgehead atoms. The van der Waals surface area contributed by atoms with Crippen molar-refractivity contribution in [2.45, 2.75) is 18.0 Å². The highest BCUT2D eigenvalue weighted by molar-refractivity contribution is 6.31. The maximum Gasteiger partial charge on any atom is 0.586 e. The molecule has 6 nitrogen and oxygen atoms in total. The van der Waals surface area contributed by atoms with E-state index in [0.29, 0.717) is 5.56 Å². The third-order valence-corrected chi connectivity index (χ3v) is 5.25. The molecule has 4 rings (SSSR count). The first-order valence-corrected chi connectivity index (χ1v) is 9.40. The Kier molecular flexibility index (Phi) is 5.23. The molecule has 2 aromatic carbocycles. The molecule has 4 N–H and O–H groups in total. The van der Waals surface area contributed by atoms with E-state index in [-0.39, 0.29) is 35.0 Å². The number of rotatable bonds is 4. The lowest BCUT2D eigenvalue weighted by Crippen LogP contribution is -2.45. The number of aromatic nitrogens is 2. The normalized spacial score (nSPS) is 16.6. The molecule has 1 atom stereocenters. The summed E-state index contributed by atoms with van der Waals surface area (Å²) in [7, 11) is 0. The predicted molar refractivity (Wildman–Crippen MR) is 104 cm³/mol. The van der Waals surface area contributed by atoms with E-state index in [2.05, 4.69) is 19.4 Å². The monoisotopic (exact) mass is 472 g/mol. The Labute approximate surface area is 182 Å². The molecule has 0 spiro atoms. The molecule has 1 aliphatic heterocycles. The van der Waals surface area contributed by atoms with Crippen LogP contribution in [0.4, 0.5) is 22.0 Å². The van der Waals surface area contributed by atoms with Gasteiger partial charge in [-0.05, 0) is 35.9 Å². The minimum absolute atomic E-state index is 0.166. The van der Waals surface area contributed by atoms with Crippen LogP contribution < -0.4 is 20.9 Å². The molecule has 12 heteroatoms. The standard InChI is InChI=1S/C20H14ClF5N4O2/c21-13-5-10(1-3-12(13)19(22,23)24)14-7-17(30-9-29-14)18(28,8-27)11-2-4-15-16(6-11)32-20(25,26)31-15/h1-7,9H,8,27-28H2/t18-/m0/s1. The van der Waals surface area contributed by atoms with Gasteiger partial charge in [-0.2, -0.15) is 13.2 Å². The number of halogens is 6. The second kappa shape index (κ2) is 7.54. The van der Waals surface area contributed by atoms with Gasteiger partial charge in [0.15, 0.2) is 11.5 Å². The Balaban J connectivity index is 1.73. The van der Waals surface area contributed by atoms with Crippen LogP contribution in [0.1, 0.15) is 16.8 Å². The number of nitrogens with zero attached hydrogens (tertiary/aromatic N) is 2. The van der Waals surface area contributed by atoms with Crippen LogP contribution in [-0.4, -0.2) is 22.8 Å². The largest absolute Gasteiger partial charge is 0.586 e. The van der Waals surface area contributed by atoms with Crippen molar-refractivity contribution in [2.75, 3.05) is 6.54 Å². The summed E-state index contributed by atoms with van der Waals surface area (Å²) in [6.07, 6.45) is -7.24. The number of fused-ring (bicyclic) bond motifs is 1. The SMILES string of the molecule is NC[C@](N)(c1ccc2c(c1)OC(F)(F)O2)c1cc(-c2ccc(C(F)(F)F)c(Cl)c2)ncn1. The number of alkyl halides is 5. The number of ether oxygens (including phenoxy) is 2. The van der Waals surface area contributed by atoms with Crippen LogP contribution in [0.15, 0.2) is 48.8 Å². The van der Waals surface area contributed by atoms with Gasteiger partial charge in [-0.3, -0.25) is 0 Å². The lowest BCUT2D eigenvalue weighted by molar-refractivity contribution is -0.286. The van der Waals surface area contributed by atoms with Crippen LogP contribution in [0.25, 0.3) is 11.3 Å². The summed E-state index contributed by atoms with van der Waals surface area (Å²) >= 11 is 5.80. The molecular formula is C20H14ClF5N4O2. The Morgan fingerprint density at radius 1 is 0.969 bits per heavy atom. The van der Waals surface area contributed by atoms with Gasteiger partial charge in [0.25, 0.3) is 0 Å². The Bertz CT molecular complexity index is 1190. The maximum absolute atomic E-state index is 13.3. The maximum atomic E-state index is 13.3. The quantitative estimate of drug-likeness (QED) is 0.550. The van der Waals surface area contributed by atoms with Crippen LogP contribution in [0.2, 0.25) is 5.02 Å². The van der Waals surface area contributed by atoms with Crippen LogP contribution in [0.5, 0.6) is 11.5 Å². The molecule has 0 fully saturated rings. The first kappa shape index (κ1) is 22.2. The second-order valence-electron chi connectivity index (χ2n) is 6.99. The molecule has 0 saturated heterocycles. The van der Waals surface area contributed by atoms with Crippen molar-refractivity contribution in [3.05, 3.63) is 70.6 Å². The van der Waals surface area contributed by atoms with E-state index in [1.54, 1.807) is 0 Å². The molecule has 2 heterocycles. The van der Waals surface area contributed by atoms with Crippen molar-refractivity contribution in [2.24, 2.45) is 11.5 Å². The van der Waals surface area contributed by atoms with Crippen molar-refractivity contribution in [1.82, 2.24) is 9.97 Å². The fourth-order valence-electron chi connectivity index (χ4n) is 3.26. The van der Waals surface area contributed by atoms with Crippen LogP contribution >= 0.6 is 11.6 Å². The first-order valence-electron chi connectivity index (χ1n) is 9.02. The van der Waals surface area contributed by atoms with Crippen molar-refractivity contribution in [3.63, 3.8) is 0 Å². The van der Waals surface area contributed by atoms with Crippen LogP contribution in [-0.2, 0) is 11.7 Å². The Morgan fingerprint density at radius 2 is 1.69 bits per heavy atom. The van der Waals surface area contributed by atoms with Gasteiger partial charge in [0.1, 0.15) is 6.33 Å². The average Bonchev–Trinajstić information content (AvgIpc) is 3.05. The number of nitrogens with two attached hydrogens (primary N) is 2. The summed E-state index contributed by atoms with van der Waals surface area (Å²) in [4.78, 5) is 8.21. The summed E-state index contributed by atoms with van der Waals surface area (Å²) in [5.74, 6) is -0.388. The zero-order valence-corrected chi connectivity index (χ0v) is 16.7. The lowest BCUT2D eigenvalue weighted by Gasteiger charge is -2.28. The highest BCUT2D eigenvalue weighted by Gasteiger charge is 2.44. The Morgan fingerprint density at radius 3 is 2.34 bits per heavy atom. The summed E-state index contributed by atoms with van der Waals surface area (Å²) in [6, 6.07) is 8.58. The molecule has 0 amide bonds. The summed E-state index contributed by atoms with van der Waals surface area (Å²) in [5, 5.41) is -0.496. The van der Waals surface area contributed by atoms with Crippen LogP contribution in [0.3, 0.4) is 0 Å². The van der Waals surface area contributed by atoms with Crippen molar-refractivity contribution < 1.29 is 31.4 Å². The van der Waals surface area contributed by atoms with Gasteiger partial charge in [0.2, 0.25) is 0 Å². The first-order chi connectivity index (χ1) is 14.9. The minimum Gasteiger partial charge on any atom is -0.395 e. The zero-order chi connectivity index (χ0) is 23.3. The van der Waals surface area contributed by atoms with Gasteiger partial charge in [0.05, 0.1) is 27.5 Å². The third-order valence-electron chi connectivity index (χ3n) is 4.93. The van der Waals surface area contributed by atoms with Gasteiger partial charge >= 0.3 is 12.5 Å². The summed E-state index contributed by atoms with van der Waals surface area (Å²) in [5.41, 5.74) is 11.0. The summed E-state index contributed by atoms with van der Waals surface area (Å²) < 4.78 is 74.4. The average molecular weight is 473 g/mol. The number of hydrogen-bond donors (Lipinski definition) is 2. The van der Waals surface area contributed by atoms with Gasteiger partial charge < -0.3 is 20.9 Å². The van der Waals surface area contributed by atoms with E-state index >= 15 is 0 Å². The molecule has 0 saturated carbocycles. The van der Waals surface area contributed by atoms with Gasteiger partial charge in [-0.15, -0.1) is 8.78 Å². The second-order valence-corrected chi connectivity index (χ2v) is 7.39. The highest BCUT2D eigenvalue weighted by atomic mass is 35.5. The van der Waals surface area contributed by atoms with Gasteiger partial charge in [-0.25, -0.2) is 9.97 Å². The minimum atomic E-state index is -4.60. The molecule has 0 unspecified atom stereocenters. The van der Waals surface area contributed by atoms with E-state index in [1.165, 1.54) is 30.3 Å². The Hall–Kier alpha value is -3.02. The zero-order valence-electron chi connectivity index (χ0n) is 16.0. The van der Waals surface area contributed by atoms with E-state index in [4.69, 9.17) is 23.1 Å². The van der Waals surface area contributed by atoms with Crippen LogP contribution in [0, 0.1) is 0 Å². The van der Waals surface area contributed by atoms with Gasteiger partial charge in [-0.1, -0.05) is 23.7 Å². The van der Waals surface area contributed by atoms with Crippen molar-refractivity contribution >= 4 is 11.6 Å². The molecule has 168 valence electrons. The third kappa shape index (κ3) is 3.94. The molecule has 1 aromatic heterocycles.